The summed E-state index contributed by atoms with van der Waals surface area (Å²) >= 11 is 1.57. The topological polar surface area (TPSA) is 50.3 Å². The van der Waals surface area contributed by atoms with Gasteiger partial charge in [0, 0.05) is 11.1 Å². The van der Waals surface area contributed by atoms with Crippen molar-refractivity contribution < 1.29 is 9.59 Å². The summed E-state index contributed by atoms with van der Waals surface area (Å²) < 4.78 is 1.09. The second-order valence-electron chi connectivity index (χ2n) is 7.58. The molecule has 152 valence electrons. The van der Waals surface area contributed by atoms with E-state index in [4.69, 9.17) is 4.98 Å². The van der Waals surface area contributed by atoms with Crippen molar-refractivity contribution in [1.29, 1.82) is 0 Å². The van der Waals surface area contributed by atoms with E-state index in [9.17, 15) is 9.59 Å². The molecule has 6 rings (SSSR count). The monoisotopic (exact) mass is 432 g/mol. The Morgan fingerprint density at radius 2 is 1.34 bits per heavy atom. The summed E-state index contributed by atoms with van der Waals surface area (Å²) in [6.07, 6.45) is 0. The molecule has 0 saturated heterocycles. The number of amides is 2. The summed E-state index contributed by atoms with van der Waals surface area (Å²) in [6.45, 7) is 0. The number of nitrogens with zero attached hydrogens (tertiary/aromatic N) is 2. The van der Waals surface area contributed by atoms with Crippen molar-refractivity contribution in [2.24, 2.45) is 0 Å². The molecule has 0 bridgehead atoms. The normalized spacial score (nSPS) is 13.1. The molecule has 4 nitrogen and oxygen atoms in total. The number of carbonyl (C=O) groups is 2. The van der Waals surface area contributed by atoms with E-state index < -0.39 is 0 Å². The maximum atomic E-state index is 13.4. The number of anilines is 1. The number of fused-ring (bicyclic) bond motifs is 2. The number of hydrogen-bond acceptors (Lipinski definition) is 4. The first-order valence-electron chi connectivity index (χ1n) is 10.2. The lowest BCUT2D eigenvalue weighted by molar-refractivity contribution is 0.0926. The number of thiazole rings is 1. The quantitative estimate of drug-likeness (QED) is 0.309. The lowest BCUT2D eigenvalue weighted by Crippen LogP contribution is -2.29. The van der Waals surface area contributed by atoms with Gasteiger partial charge in [-0.1, -0.05) is 66.7 Å². The van der Waals surface area contributed by atoms with Gasteiger partial charge in [-0.2, -0.15) is 0 Å². The fraction of sp³-hybridized carbons (Fsp3) is 0. The van der Waals surface area contributed by atoms with E-state index in [2.05, 4.69) is 0 Å². The van der Waals surface area contributed by atoms with Gasteiger partial charge in [0.15, 0.2) is 0 Å². The smallest absolute Gasteiger partial charge is 0.266 e. The maximum absolute atomic E-state index is 13.4. The molecule has 0 unspecified atom stereocenters. The van der Waals surface area contributed by atoms with Crippen LogP contribution in [0, 0.1) is 0 Å². The highest BCUT2D eigenvalue weighted by molar-refractivity contribution is 7.21. The van der Waals surface area contributed by atoms with Gasteiger partial charge in [0.05, 0.1) is 27.0 Å². The van der Waals surface area contributed by atoms with E-state index in [1.165, 1.54) is 4.90 Å². The van der Waals surface area contributed by atoms with Crippen LogP contribution >= 0.6 is 11.3 Å². The van der Waals surface area contributed by atoms with Gasteiger partial charge in [-0.15, -0.1) is 11.3 Å². The zero-order valence-electron chi connectivity index (χ0n) is 16.9. The molecule has 0 spiro atoms. The average molecular weight is 433 g/mol. The Morgan fingerprint density at radius 1 is 0.625 bits per heavy atom. The Labute approximate surface area is 188 Å². The molecule has 5 heteroatoms. The summed E-state index contributed by atoms with van der Waals surface area (Å²) in [4.78, 5) is 32.7. The highest BCUT2D eigenvalue weighted by atomic mass is 32.1. The van der Waals surface area contributed by atoms with Gasteiger partial charge in [-0.05, 0) is 35.9 Å². The van der Waals surface area contributed by atoms with Crippen LogP contribution in [0.3, 0.4) is 0 Å². The lowest BCUT2D eigenvalue weighted by atomic mass is 10.0. The minimum Gasteiger partial charge on any atom is -0.268 e. The fourth-order valence-electron chi connectivity index (χ4n) is 4.12. The van der Waals surface area contributed by atoms with E-state index in [0.717, 1.165) is 31.9 Å². The fourth-order valence-corrected chi connectivity index (χ4v) is 5.08. The van der Waals surface area contributed by atoms with E-state index >= 15 is 0 Å². The van der Waals surface area contributed by atoms with Crippen molar-refractivity contribution in [2.45, 2.75) is 0 Å². The molecule has 4 aromatic carbocycles. The molecular formula is C27H16N2O2S. The largest absolute Gasteiger partial charge is 0.268 e. The Balaban J connectivity index is 1.44. The summed E-state index contributed by atoms with van der Waals surface area (Å²) in [5, 5.41) is 0.831. The first-order chi connectivity index (χ1) is 15.7. The van der Waals surface area contributed by atoms with Crippen LogP contribution in [0.5, 0.6) is 0 Å². The molecule has 2 heterocycles. The van der Waals surface area contributed by atoms with Crippen LogP contribution in [0.2, 0.25) is 0 Å². The SMILES string of the molecule is O=C1c2ccc(-c3nc4ccccc4s3)cc2C(=O)N1c1ccccc1-c1ccccc1. The van der Waals surface area contributed by atoms with Crippen LogP contribution in [-0.4, -0.2) is 16.8 Å². The van der Waals surface area contributed by atoms with Crippen LogP contribution in [0.4, 0.5) is 5.69 Å². The first kappa shape index (κ1) is 18.7. The van der Waals surface area contributed by atoms with Gasteiger partial charge < -0.3 is 0 Å². The summed E-state index contributed by atoms with van der Waals surface area (Å²) in [5.41, 5.74) is 4.98. The minimum absolute atomic E-state index is 0.302. The third-order valence-electron chi connectivity index (χ3n) is 5.66. The van der Waals surface area contributed by atoms with E-state index in [1.54, 1.807) is 23.5 Å². The van der Waals surface area contributed by atoms with Crippen molar-refractivity contribution >= 4 is 39.1 Å². The van der Waals surface area contributed by atoms with Crippen molar-refractivity contribution in [3.05, 3.63) is 108 Å². The molecule has 0 aliphatic carbocycles. The molecule has 0 radical (unpaired) electrons. The number of benzene rings is 4. The molecule has 1 aliphatic rings. The minimum atomic E-state index is -0.309. The standard InChI is InChI=1S/C27H16N2O2S/c30-26-20-15-14-18(25-28-22-11-5-7-13-24(22)32-25)16-21(20)27(31)29(26)23-12-6-4-10-19(23)17-8-2-1-3-9-17/h1-16H. The second kappa shape index (κ2) is 7.25. The molecule has 2 amide bonds. The molecule has 0 saturated carbocycles. The van der Waals surface area contributed by atoms with Crippen LogP contribution in [0.1, 0.15) is 20.7 Å². The maximum Gasteiger partial charge on any atom is 0.266 e. The lowest BCUT2D eigenvalue weighted by Gasteiger charge is -2.18. The van der Waals surface area contributed by atoms with E-state index in [1.807, 2.05) is 84.9 Å². The van der Waals surface area contributed by atoms with Gasteiger partial charge in [-0.3, -0.25) is 9.59 Å². The molecular weight excluding hydrogens is 416 g/mol. The number of para-hydroxylation sites is 2. The number of imide groups is 1. The van der Waals surface area contributed by atoms with Crippen LogP contribution < -0.4 is 4.90 Å². The van der Waals surface area contributed by atoms with Crippen LogP contribution in [0.25, 0.3) is 31.9 Å². The number of hydrogen-bond donors (Lipinski definition) is 0. The second-order valence-corrected chi connectivity index (χ2v) is 8.61. The van der Waals surface area contributed by atoms with Gasteiger partial charge >= 0.3 is 0 Å². The van der Waals surface area contributed by atoms with Crippen molar-refractivity contribution in [2.75, 3.05) is 4.90 Å². The molecule has 0 fully saturated rings. The Hall–Kier alpha value is -4.09. The summed E-state index contributed by atoms with van der Waals surface area (Å²) in [6, 6.07) is 30.6. The van der Waals surface area contributed by atoms with Gasteiger partial charge in [-0.25, -0.2) is 9.88 Å². The Morgan fingerprint density at radius 3 is 2.19 bits per heavy atom. The van der Waals surface area contributed by atoms with Crippen LogP contribution in [0.15, 0.2) is 97.1 Å². The molecule has 1 aromatic heterocycles. The number of carbonyl (C=O) groups excluding carboxylic acids is 2. The molecule has 0 atom stereocenters. The highest BCUT2D eigenvalue weighted by Crippen LogP contribution is 2.38. The zero-order valence-corrected chi connectivity index (χ0v) is 17.7. The average Bonchev–Trinajstić information content (AvgIpc) is 3.38. The summed E-state index contributed by atoms with van der Waals surface area (Å²) in [7, 11) is 0. The number of rotatable bonds is 3. The Bertz CT molecular complexity index is 1490. The Kier molecular flexibility index (Phi) is 4.23. The molecule has 0 N–H and O–H groups in total. The van der Waals surface area contributed by atoms with Crippen LogP contribution in [-0.2, 0) is 0 Å². The predicted molar refractivity (Wildman–Crippen MR) is 128 cm³/mol. The van der Waals surface area contributed by atoms with Crippen molar-refractivity contribution in [1.82, 2.24) is 4.98 Å². The van der Waals surface area contributed by atoms with Crippen molar-refractivity contribution in [3.8, 4) is 21.7 Å². The third kappa shape index (κ3) is 2.87. The molecule has 32 heavy (non-hydrogen) atoms. The van der Waals surface area contributed by atoms with Gasteiger partial charge in [0.25, 0.3) is 11.8 Å². The van der Waals surface area contributed by atoms with E-state index in [-0.39, 0.29) is 11.8 Å². The predicted octanol–water partition coefficient (Wildman–Crippen LogP) is 6.43. The first-order valence-corrected chi connectivity index (χ1v) is 11.1. The molecule has 5 aromatic rings. The van der Waals surface area contributed by atoms with E-state index in [0.29, 0.717) is 16.8 Å². The number of aromatic nitrogens is 1. The van der Waals surface area contributed by atoms with Gasteiger partial charge in [0.1, 0.15) is 5.01 Å². The van der Waals surface area contributed by atoms with Crippen molar-refractivity contribution in [3.63, 3.8) is 0 Å². The third-order valence-corrected chi connectivity index (χ3v) is 6.74. The van der Waals surface area contributed by atoms with Gasteiger partial charge in [0.2, 0.25) is 0 Å². The summed E-state index contributed by atoms with van der Waals surface area (Å²) in [5.74, 6) is -0.611. The highest BCUT2D eigenvalue weighted by Gasteiger charge is 2.38. The molecule has 1 aliphatic heterocycles. The zero-order chi connectivity index (χ0) is 21.7.